The van der Waals surface area contributed by atoms with Crippen molar-refractivity contribution in [3.63, 3.8) is 0 Å². The molecule has 1 N–H and O–H groups in total. The van der Waals surface area contributed by atoms with Crippen LogP contribution in [0.2, 0.25) is 0 Å². The van der Waals surface area contributed by atoms with Gasteiger partial charge >= 0.3 is 0 Å². The molecule has 0 unspecified atom stereocenters. The van der Waals surface area contributed by atoms with E-state index in [2.05, 4.69) is 55.2 Å². The van der Waals surface area contributed by atoms with Crippen LogP contribution in [-0.4, -0.2) is 42.0 Å². The highest BCUT2D eigenvalue weighted by molar-refractivity contribution is 5.11. The third-order valence-corrected chi connectivity index (χ3v) is 7.79. The Bertz CT molecular complexity index is 912. The molecule has 0 saturated heterocycles. The van der Waals surface area contributed by atoms with Crippen molar-refractivity contribution in [3.05, 3.63) is 77.6 Å². The van der Waals surface area contributed by atoms with E-state index in [1.165, 1.54) is 69.9 Å². The second kappa shape index (κ2) is 12.4. The minimum Gasteiger partial charge on any atom is -0.289 e. The number of hydrogen-bond acceptors (Lipinski definition) is 5. The first-order valence-corrected chi connectivity index (χ1v) is 13.6. The molecule has 0 aliphatic heterocycles. The average Bonchev–Trinajstić information content (AvgIpc) is 3.37. The van der Waals surface area contributed by atoms with Gasteiger partial charge in [0.25, 0.3) is 0 Å². The second-order valence-electron chi connectivity index (χ2n) is 10.4. The van der Waals surface area contributed by atoms with Gasteiger partial charge in [0.1, 0.15) is 0 Å². The number of nitrogens with one attached hydrogen (secondary N) is 1. The summed E-state index contributed by atoms with van der Waals surface area (Å²) in [4.78, 5) is 14.4. The maximum absolute atomic E-state index is 4.77. The molecule has 0 aromatic carbocycles. The van der Waals surface area contributed by atoms with Crippen LogP contribution in [0.4, 0.5) is 0 Å². The number of rotatable bonds is 10. The van der Waals surface area contributed by atoms with Crippen LogP contribution >= 0.6 is 0 Å². The fraction of sp³-hybridized carbons (Fsp3) is 0.552. The van der Waals surface area contributed by atoms with E-state index in [0.717, 1.165) is 43.3 Å². The van der Waals surface area contributed by atoms with E-state index in [1.54, 1.807) is 0 Å². The lowest BCUT2D eigenvalue weighted by Crippen LogP contribution is -2.36. The Kier molecular flexibility index (Phi) is 8.56. The van der Waals surface area contributed by atoms with E-state index < -0.39 is 0 Å². The smallest absolute Gasteiger partial charge is 0.0765 e. The molecule has 2 fully saturated rings. The number of hydrogen-bond donors (Lipinski definition) is 1. The quantitative estimate of drug-likeness (QED) is 0.400. The summed E-state index contributed by atoms with van der Waals surface area (Å²) in [5.41, 5.74) is 4.65. The van der Waals surface area contributed by atoms with E-state index in [4.69, 9.17) is 5.10 Å². The summed E-state index contributed by atoms with van der Waals surface area (Å²) in [5.74, 6) is 0. The van der Waals surface area contributed by atoms with Crippen molar-refractivity contribution in [1.82, 2.24) is 30.0 Å². The van der Waals surface area contributed by atoms with Crippen LogP contribution in [0.5, 0.6) is 0 Å². The van der Waals surface area contributed by atoms with Crippen molar-refractivity contribution in [2.45, 2.75) is 102 Å². The van der Waals surface area contributed by atoms with Gasteiger partial charge in [-0.3, -0.25) is 24.9 Å². The molecule has 3 aromatic rings. The van der Waals surface area contributed by atoms with Crippen molar-refractivity contribution in [2.75, 3.05) is 0 Å². The van der Waals surface area contributed by atoms with Gasteiger partial charge in [0.15, 0.2) is 0 Å². The summed E-state index contributed by atoms with van der Waals surface area (Å²) in [6, 6.07) is 16.0. The maximum atomic E-state index is 4.77. The highest BCUT2D eigenvalue weighted by Crippen LogP contribution is 2.27. The van der Waals surface area contributed by atoms with Gasteiger partial charge in [-0.2, -0.15) is 5.10 Å². The zero-order chi connectivity index (χ0) is 23.7. The van der Waals surface area contributed by atoms with Gasteiger partial charge in [-0.15, -0.1) is 0 Å². The van der Waals surface area contributed by atoms with Crippen molar-refractivity contribution >= 4 is 0 Å². The number of aromatic amines is 1. The molecule has 35 heavy (non-hydrogen) atoms. The molecule has 3 heterocycles. The highest BCUT2D eigenvalue weighted by Gasteiger charge is 2.25. The Labute approximate surface area is 210 Å². The van der Waals surface area contributed by atoms with Gasteiger partial charge in [-0.05, 0) is 56.0 Å². The molecule has 2 aliphatic rings. The van der Waals surface area contributed by atoms with Gasteiger partial charge in [-0.25, -0.2) is 0 Å². The van der Waals surface area contributed by atoms with Gasteiger partial charge in [0.2, 0.25) is 0 Å². The number of aromatic nitrogens is 4. The lowest BCUT2D eigenvalue weighted by Gasteiger charge is -2.34. The van der Waals surface area contributed by atoms with Crippen molar-refractivity contribution < 1.29 is 0 Å². The molecule has 2 saturated carbocycles. The third-order valence-electron chi connectivity index (χ3n) is 7.79. The van der Waals surface area contributed by atoms with Crippen LogP contribution in [0.15, 0.2) is 54.9 Å². The van der Waals surface area contributed by atoms with Crippen LogP contribution in [0.1, 0.15) is 87.0 Å². The molecular weight excluding hydrogens is 432 g/mol. The third kappa shape index (κ3) is 6.98. The first-order chi connectivity index (χ1) is 17.3. The molecule has 186 valence electrons. The Morgan fingerprint density at radius 2 is 1.14 bits per heavy atom. The molecule has 5 rings (SSSR count). The molecule has 2 aliphatic carbocycles. The molecule has 0 bridgehead atoms. The molecule has 0 atom stereocenters. The minimum atomic E-state index is 0.619. The summed E-state index contributed by atoms with van der Waals surface area (Å²) >= 11 is 0. The van der Waals surface area contributed by atoms with Crippen LogP contribution in [-0.2, 0) is 26.2 Å². The molecule has 0 spiro atoms. The lowest BCUT2D eigenvalue weighted by atomic mass is 9.93. The second-order valence-corrected chi connectivity index (χ2v) is 10.4. The van der Waals surface area contributed by atoms with Crippen molar-refractivity contribution in [1.29, 1.82) is 0 Å². The Balaban J connectivity index is 1.28. The zero-order valence-corrected chi connectivity index (χ0v) is 21.0. The fourth-order valence-electron chi connectivity index (χ4n) is 5.92. The predicted molar refractivity (Wildman–Crippen MR) is 139 cm³/mol. The van der Waals surface area contributed by atoms with E-state index in [-0.39, 0.29) is 0 Å². The van der Waals surface area contributed by atoms with Gasteiger partial charge in [-0.1, -0.05) is 50.7 Å². The van der Waals surface area contributed by atoms with Gasteiger partial charge in [0.05, 0.1) is 17.1 Å². The van der Waals surface area contributed by atoms with Gasteiger partial charge in [0, 0.05) is 56.4 Å². The van der Waals surface area contributed by atoms with E-state index >= 15 is 0 Å². The van der Waals surface area contributed by atoms with Gasteiger partial charge < -0.3 is 0 Å². The zero-order valence-electron chi connectivity index (χ0n) is 21.0. The molecule has 6 heteroatoms. The van der Waals surface area contributed by atoms with Crippen LogP contribution in [0, 0.1) is 0 Å². The molecule has 0 radical (unpaired) electrons. The summed E-state index contributed by atoms with van der Waals surface area (Å²) in [5, 5.41) is 8.15. The molecule has 3 aromatic heterocycles. The van der Waals surface area contributed by atoms with Crippen molar-refractivity contribution in [2.24, 2.45) is 0 Å². The fourth-order valence-corrected chi connectivity index (χ4v) is 5.92. The monoisotopic (exact) mass is 472 g/mol. The predicted octanol–water partition coefficient (Wildman–Crippen LogP) is 5.87. The van der Waals surface area contributed by atoms with Crippen LogP contribution in [0.3, 0.4) is 0 Å². The highest BCUT2D eigenvalue weighted by atomic mass is 15.2. The van der Waals surface area contributed by atoms with Crippen LogP contribution < -0.4 is 0 Å². The summed E-state index contributed by atoms with van der Waals surface area (Å²) in [7, 11) is 0. The first kappa shape index (κ1) is 24.1. The standard InChI is InChI=1S/C29H40N6/c1-3-13-28(14-4-1)34(20-24-11-7-9-17-30-24)22-26-19-27(33-32-26)23-35(29-15-5-2-6-16-29)21-25-12-8-10-18-31-25/h7-12,17-19,28-29H,1-6,13-16,20-23H2,(H,32,33). The normalized spacial score (nSPS) is 17.9. The molecule has 6 nitrogen and oxygen atoms in total. The van der Waals surface area contributed by atoms with Crippen LogP contribution in [0.25, 0.3) is 0 Å². The molecular formula is C29H40N6. The number of pyridine rings is 2. The summed E-state index contributed by atoms with van der Waals surface area (Å²) < 4.78 is 0. The molecule has 0 amide bonds. The van der Waals surface area contributed by atoms with Crippen molar-refractivity contribution in [3.8, 4) is 0 Å². The maximum Gasteiger partial charge on any atom is 0.0765 e. The first-order valence-electron chi connectivity index (χ1n) is 13.6. The largest absolute Gasteiger partial charge is 0.289 e. The lowest BCUT2D eigenvalue weighted by molar-refractivity contribution is 0.136. The minimum absolute atomic E-state index is 0.619. The average molecular weight is 473 g/mol. The van der Waals surface area contributed by atoms with E-state index in [1.807, 2.05) is 24.5 Å². The SMILES string of the molecule is c1ccc(CN(Cc2cc(CN(Cc3ccccn3)C3CCCCC3)[nH]n2)C2CCCCC2)nc1. The summed E-state index contributed by atoms with van der Waals surface area (Å²) in [6.07, 6.45) is 17.0. The number of H-pyrrole nitrogens is 1. The topological polar surface area (TPSA) is 60.9 Å². The Morgan fingerprint density at radius 1 is 0.629 bits per heavy atom. The van der Waals surface area contributed by atoms with E-state index in [0.29, 0.717) is 12.1 Å². The summed E-state index contributed by atoms with van der Waals surface area (Å²) in [6.45, 7) is 3.56. The Hall–Kier alpha value is -2.57. The Morgan fingerprint density at radius 3 is 1.66 bits per heavy atom. The van der Waals surface area contributed by atoms with E-state index in [9.17, 15) is 0 Å². The number of nitrogens with zero attached hydrogens (tertiary/aromatic N) is 5.